The number of aromatic nitrogens is 1. The quantitative estimate of drug-likeness (QED) is 0.881. The minimum absolute atomic E-state index is 0.0643. The topological polar surface area (TPSA) is 65.5 Å². The molecule has 4 rings (SSSR count). The van der Waals surface area contributed by atoms with Gasteiger partial charge in [-0.05, 0) is 56.0 Å². The summed E-state index contributed by atoms with van der Waals surface area (Å²) in [6, 6.07) is 7.32. The Morgan fingerprint density at radius 2 is 2.00 bits per heavy atom. The number of hydrogen-bond acceptors (Lipinski definition) is 4. The minimum Gasteiger partial charge on any atom is -0.343 e. The highest BCUT2D eigenvalue weighted by molar-refractivity contribution is 6.31. The Balaban J connectivity index is 1.61. The van der Waals surface area contributed by atoms with Crippen LogP contribution in [0.25, 0.3) is 0 Å². The first kappa shape index (κ1) is 17.8. The number of fused-ring (bicyclic) bond motifs is 3. The zero-order valence-corrected chi connectivity index (χ0v) is 16.1. The van der Waals surface area contributed by atoms with Crippen LogP contribution in [-0.4, -0.2) is 35.9 Å². The van der Waals surface area contributed by atoms with Crippen LogP contribution in [-0.2, 0) is 9.59 Å². The summed E-state index contributed by atoms with van der Waals surface area (Å²) in [5, 5.41) is 3.34. The molecule has 0 bridgehead atoms. The fourth-order valence-electron chi connectivity index (χ4n) is 3.97. The summed E-state index contributed by atoms with van der Waals surface area (Å²) in [5.74, 6) is 0.408. The van der Waals surface area contributed by atoms with Gasteiger partial charge in [-0.2, -0.15) is 0 Å². The molecule has 1 saturated heterocycles. The number of anilines is 3. The monoisotopic (exact) mass is 384 g/mol. The van der Waals surface area contributed by atoms with E-state index in [1.165, 1.54) is 4.90 Å². The number of hydrogen-bond donors (Lipinski definition) is 1. The highest BCUT2D eigenvalue weighted by Gasteiger charge is 2.42. The van der Waals surface area contributed by atoms with Crippen molar-refractivity contribution in [2.75, 3.05) is 28.2 Å². The molecule has 2 aromatic rings. The second kappa shape index (κ2) is 6.85. The molecule has 7 heteroatoms. The third-order valence-corrected chi connectivity index (χ3v) is 5.19. The molecule has 0 spiro atoms. The molecule has 1 N–H and O–H groups in total. The molecule has 0 aliphatic carbocycles. The van der Waals surface area contributed by atoms with Gasteiger partial charge in [0.25, 0.3) is 0 Å². The molecule has 0 radical (unpaired) electrons. The number of benzene rings is 1. The maximum Gasteiger partial charge on any atom is 0.250 e. The van der Waals surface area contributed by atoms with Crippen LogP contribution in [0.4, 0.5) is 17.2 Å². The highest BCUT2D eigenvalue weighted by Crippen LogP contribution is 2.39. The number of rotatable bonds is 3. The summed E-state index contributed by atoms with van der Waals surface area (Å²) >= 11 is 6.11. The van der Waals surface area contributed by atoms with Crippen molar-refractivity contribution in [2.45, 2.75) is 32.7 Å². The van der Waals surface area contributed by atoms with E-state index in [2.05, 4.69) is 10.3 Å². The molecule has 2 aliphatic heterocycles. The van der Waals surface area contributed by atoms with Gasteiger partial charge in [-0.1, -0.05) is 17.7 Å². The van der Waals surface area contributed by atoms with Crippen molar-refractivity contribution in [1.29, 1.82) is 0 Å². The second-order valence-corrected chi connectivity index (χ2v) is 7.63. The van der Waals surface area contributed by atoms with Gasteiger partial charge < -0.3 is 10.2 Å². The second-order valence-electron chi connectivity index (χ2n) is 7.20. The van der Waals surface area contributed by atoms with Crippen molar-refractivity contribution < 1.29 is 9.59 Å². The summed E-state index contributed by atoms with van der Waals surface area (Å²) in [6.07, 6.45) is 3.29. The van der Waals surface area contributed by atoms with Crippen molar-refractivity contribution in [1.82, 2.24) is 4.98 Å². The molecular formula is C20H21ClN4O2. The molecule has 1 fully saturated rings. The lowest BCUT2D eigenvalue weighted by atomic mass is 10.1. The van der Waals surface area contributed by atoms with E-state index in [4.69, 9.17) is 11.6 Å². The number of nitrogens with one attached hydrogen (secondary N) is 1. The number of pyridine rings is 1. The fraction of sp³-hybridized carbons (Fsp3) is 0.350. The van der Waals surface area contributed by atoms with E-state index in [0.717, 1.165) is 42.0 Å². The van der Waals surface area contributed by atoms with Crippen LogP contribution in [0.2, 0.25) is 5.02 Å². The predicted molar refractivity (Wildman–Crippen MR) is 107 cm³/mol. The van der Waals surface area contributed by atoms with E-state index >= 15 is 0 Å². The van der Waals surface area contributed by atoms with E-state index < -0.39 is 0 Å². The Bertz CT molecular complexity index is 910. The van der Waals surface area contributed by atoms with Gasteiger partial charge in [-0.25, -0.2) is 4.98 Å². The zero-order chi connectivity index (χ0) is 19.1. The summed E-state index contributed by atoms with van der Waals surface area (Å²) in [6.45, 7) is 4.69. The third kappa shape index (κ3) is 3.37. The first-order valence-corrected chi connectivity index (χ1v) is 9.42. The van der Waals surface area contributed by atoms with Gasteiger partial charge in [-0.3, -0.25) is 14.5 Å². The molecule has 3 heterocycles. The lowest BCUT2D eigenvalue weighted by molar-refractivity contribution is -0.122. The lowest BCUT2D eigenvalue weighted by Gasteiger charge is -2.38. The number of carbonyl (C=O) groups is 2. The first-order valence-electron chi connectivity index (χ1n) is 9.04. The Morgan fingerprint density at radius 1 is 1.26 bits per heavy atom. The molecule has 1 aromatic carbocycles. The van der Waals surface area contributed by atoms with E-state index in [9.17, 15) is 9.59 Å². The van der Waals surface area contributed by atoms with Crippen LogP contribution in [0.15, 0.2) is 30.5 Å². The standard InChI is InChI=1S/C20H21ClN4O2/c1-12-6-13(2)8-15(7-12)23-18(26)11-25-17-9-14(21)10-22-19(17)24-5-3-4-16(24)20(25)27/h6-10,16H,3-5,11H2,1-2H3,(H,23,26). The van der Waals surface area contributed by atoms with Crippen LogP contribution in [0.3, 0.4) is 0 Å². The fourth-order valence-corrected chi connectivity index (χ4v) is 4.12. The van der Waals surface area contributed by atoms with Crippen molar-refractivity contribution in [2.24, 2.45) is 0 Å². The van der Waals surface area contributed by atoms with Crippen LogP contribution < -0.4 is 15.1 Å². The van der Waals surface area contributed by atoms with Gasteiger partial charge in [0.15, 0.2) is 5.82 Å². The normalized spacial score (nSPS) is 18.3. The Kier molecular flexibility index (Phi) is 4.52. The van der Waals surface area contributed by atoms with Crippen LogP contribution in [0.1, 0.15) is 24.0 Å². The van der Waals surface area contributed by atoms with Crippen molar-refractivity contribution in [3.05, 3.63) is 46.6 Å². The molecule has 2 aliphatic rings. The maximum atomic E-state index is 13.0. The lowest BCUT2D eigenvalue weighted by Crippen LogP contribution is -2.53. The minimum atomic E-state index is -0.250. The number of aryl methyl sites for hydroxylation is 2. The smallest absolute Gasteiger partial charge is 0.250 e. The highest BCUT2D eigenvalue weighted by atomic mass is 35.5. The third-order valence-electron chi connectivity index (χ3n) is 4.99. The molecule has 0 saturated carbocycles. The molecule has 27 heavy (non-hydrogen) atoms. The molecule has 2 amide bonds. The van der Waals surface area contributed by atoms with Gasteiger partial charge >= 0.3 is 0 Å². The maximum absolute atomic E-state index is 13.0. The zero-order valence-electron chi connectivity index (χ0n) is 15.3. The van der Waals surface area contributed by atoms with Crippen LogP contribution in [0, 0.1) is 13.8 Å². The van der Waals surface area contributed by atoms with Crippen LogP contribution in [0.5, 0.6) is 0 Å². The number of nitrogens with zero attached hydrogens (tertiary/aromatic N) is 3. The van der Waals surface area contributed by atoms with Gasteiger partial charge in [0, 0.05) is 18.4 Å². The van der Waals surface area contributed by atoms with E-state index in [1.54, 1.807) is 12.3 Å². The average Bonchev–Trinajstić information content (AvgIpc) is 3.07. The number of halogens is 1. The van der Waals surface area contributed by atoms with Gasteiger partial charge in [-0.15, -0.1) is 0 Å². The summed E-state index contributed by atoms with van der Waals surface area (Å²) in [7, 11) is 0. The predicted octanol–water partition coefficient (Wildman–Crippen LogP) is 3.31. The van der Waals surface area contributed by atoms with E-state index in [0.29, 0.717) is 10.7 Å². The SMILES string of the molecule is Cc1cc(C)cc(NC(=O)CN2C(=O)C3CCCN3c3ncc(Cl)cc32)c1. The van der Waals surface area contributed by atoms with Crippen molar-refractivity contribution in [3.8, 4) is 0 Å². The number of amides is 2. The average molecular weight is 385 g/mol. The number of carbonyl (C=O) groups excluding carboxylic acids is 2. The van der Waals surface area contributed by atoms with Crippen molar-refractivity contribution >= 4 is 40.6 Å². The summed E-state index contributed by atoms with van der Waals surface area (Å²) < 4.78 is 0. The molecule has 1 aromatic heterocycles. The van der Waals surface area contributed by atoms with Gasteiger partial charge in [0.1, 0.15) is 12.6 Å². The Morgan fingerprint density at radius 3 is 2.74 bits per heavy atom. The first-order chi connectivity index (χ1) is 12.9. The van der Waals surface area contributed by atoms with Gasteiger partial charge in [0.2, 0.25) is 11.8 Å². The van der Waals surface area contributed by atoms with Gasteiger partial charge in [0.05, 0.1) is 10.7 Å². The summed E-state index contributed by atoms with van der Waals surface area (Å²) in [4.78, 5) is 33.6. The van der Waals surface area contributed by atoms with Crippen LogP contribution >= 0.6 is 11.6 Å². The van der Waals surface area contributed by atoms with Crippen molar-refractivity contribution in [3.63, 3.8) is 0 Å². The molecule has 140 valence electrons. The van der Waals surface area contributed by atoms with E-state index in [1.807, 2.05) is 36.9 Å². The molecule has 1 atom stereocenters. The summed E-state index contributed by atoms with van der Waals surface area (Å²) in [5.41, 5.74) is 3.47. The van der Waals surface area contributed by atoms with E-state index in [-0.39, 0.29) is 24.4 Å². The largest absolute Gasteiger partial charge is 0.343 e. The molecular weight excluding hydrogens is 364 g/mol. The molecule has 1 unspecified atom stereocenters. The molecule has 6 nitrogen and oxygen atoms in total. The Labute approximate surface area is 163 Å². The Hall–Kier alpha value is -2.60.